The third kappa shape index (κ3) is 1.34. The van der Waals surface area contributed by atoms with Gasteiger partial charge < -0.3 is 9.84 Å². The van der Waals surface area contributed by atoms with E-state index in [1.165, 1.54) is 0 Å². The first-order valence-electron chi connectivity index (χ1n) is 3.18. The molecule has 0 bridgehead atoms. The molecule has 3 heteroatoms. The zero-order chi connectivity index (χ0) is 6.85. The first kappa shape index (κ1) is 6.84. The van der Waals surface area contributed by atoms with Gasteiger partial charge >= 0.3 is 0 Å². The molecule has 0 unspecified atom stereocenters. The van der Waals surface area contributed by atoms with E-state index in [1.54, 1.807) is 0 Å². The number of aliphatic hydroxyl groups is 1. The van der Waals surface area contributed by atoms with Gasteiger partial charge in [0.05, 0.1) is 6.61 Å². The van der Waals surface area contributed by atoms with E-state index >= 15 is 0 Å². The van der Waals surface area contributed by atoms with Crippen LogP contribution in [0.2, 0.25) is 0 Å². The summed E-state index contributed by atoms with van der Waals surface area (Å²) in [6, 6.07) is 0.245. The summed E-state index contributed by atoms with van der Waals surface area (Å²) in [6.07, 6.45) is 0.797. The van der Waals surface area contributed by atoms with E-state index in [0.29, 0.717) is 0 Å². The Morgan fingerprint density at radius 2 is 2.56 bits per heavy atom. The normalized spacial score (nSPS) is 35.4. The van der Waals surface area contributed by atoms with Gasteiger partial charge in [0.1, 0.15) is 14.0 Å². The Hall–Kier alpha value is -0.275. The maximum Gasteiger partial charge on any atom is 0.139 e. The van der Waals surface area contributed by atoms with Crippen molar-refractivity contribution in [2.75, 3.05) is 6.61 Å². The van der Waals surface area contributed by atoms with E-state index in [9.17, 15) is 0 Å². The molecule has 0 radical (unpaired) electrons. The van der Waals surface area contributed by atoms with Gasteiger partial charge in [0.2, 0.25) is 0 Å². The summed E-state index contributed by atoms with van der Waals surface area (Å²) in [6.45, 7) is 3.84. The van der Waals surface area contributed by atoms with E-state index in [2.05, 4.69) is 6.58 Å². The van der Waals surface area contributed by atoms with Crippen molar-refractivity contribution in [1.82, 2.24) is 0 Å². The summed E-state index contributed by atoms with van der Waals surface area (Å²) in [4.78, 5) is 0. The average Bonchev–Trinajstić information content (AvgIpc) is 2.10. The highest BCUT2D eigenvalue weighted by molar-refractivity contribution is 6.11. The monoisotopic (exact) mass is 126 g/mol. The number of aliphatic hydroxyl groups excluding tert-OH is 1. The summed E-state index contributed by atoms with van der Waals surface area (Å²) in [5, 5.41) is 8.67. The van der Waals surface area contributed by atoms with Crippen LogP contribution in [0.25, 0.3) is 0 Å². The van der Waals surface area contributed by atoms with Crippen molar-refractivity contribution in [2.45, 2.75) is 18.5 Å². The Kier molecular flexibility index (Phi) is 1.93. The molecule has 2 nitrogen and oxygen atoms in total. The fraction of sp³-hybridized carbons (Fsp3) is 0.667. The molecule has 1 saturated heterocycles. The van der Waals surface area contributed by atoms with Gasteiger partial charge in [-0.2, -0.15) is 0 Å². The predicted molar refractivity (Wildman–Crippen MR) is 38.0 cm³/mol. The summed E-state index contributed by atoms with van der Waals surface area (Å²) in [5.74, 6) is 0. The maximum atomic E-state index is 8.67. The van der Waals surface area contributed by atoms with Crippen molar-refractivity contribution in [2.24, 2.45) is 0 Å². The molecule has 0 amide bonds. The van der Waals surface area contributed by atoms with Crippen LogP contribution < -0.4 is 0 Å². The highest BCUT2D eigenvalue weighted by Crippen LogP contribution is 2.21. The lowest BCUT2D eigenvalue weighted by atomic mass is 9.95. The molecule has 9 heavy (non-hydrogen) atoms. The number of hydrogen-bond acceptors (Lipinski definition) is 2. The first-order chi connectivity index (χ1) is 4.24. The van der Waals surface area contributed by atoms with Gasteiger partial charge in [0, 0.05) is 6.00 Å². The van der Waals surface area contributed by atoms with Crippen LogP contribution in [0.4, 0.5) is 0 Å². The zero-order valence-corrected chi connectivity index (χ0v) is 5.63. The van der Waals surface area contributed by atoms with E-state index in [1.807, 2.05) is 7.85 Å². The Morgan fingerprint density at radius 3 is 2.78 bits per heavy atom. The third-order valence-corrected chi connectivity index (χ3v) is 1.57. The van der Waals surface area contributed by atoms with Crippen LogP contribution in [-0.2, 0) is 4.74 Å². The van der Waals surface area contributed by atoms with Crippen molar-refractivity contribution >= 4 is 7.85 Å². The molecule has 0 saturated carbocycles. The van der Waals surface area contributed by atoms with Crippen LogP contribution in [0.5, 0.6) is 0 Å². The second-order valence-corrected chi connectivity index (χ2v) is 2.48. The Bertz CT molecular complexity index is 124. The minimum Gasteiger partial charge on any atom is -0.393 e. The number of hydrogen-bond donors (Lipinski definition) is 1. The van der Waals surface area contributed by atoms with Gasteiger partial charge in [0.25, 0.3) is 0 Å². The standard InChI is InChI=1S/C6H11BO2/c1-4-2-6(7)9-5(4)3-8/h5-6,8H,1-3,7H2/t5-,6-/m0/s1. The van der Waals surface area contributed by atoms with E-state index in [-0.39, 0.29) is 18.7 Å². The minimum atomic E-state index is -0.0972. The molecule has 0 aromatic heterocycles. The van der Waals surface area contributed by atoms with Gasteiger partial charge in [-0.15, -0.1) is 0 Å². The SMILES string of the molecule is B[C@@H]1CC(=C)[C@H](CO)O1. The Balaban J connectivity index is 2.48. The fourth-order valence-corrected chi connectivity index (χ4v) is 1.10. The molecule has 1 fully saturated rings. The summed E-state index contributed by atoms with van der Waals surface area (Å²) >= 11 is 0. The van der Waals surface area contributed by atoms with Crippen LogP contribution in [-0.4, -0.2) is 31.7 Å². The summed E-state index contributed by atoms with van der Waals surface area (Å²) in [5.41, 5.74) is 1.02. The molecule has 1 heterocycles. The van der Waals surface area contributed by atoms with Gasteiger partial charge in [-0.05, 0) is 12.0 Å². The highest BCUT2D eigenvalue weighted by atomic mass is 16.5. The van der Waals surface area contributed by atoms with Gasteiger partial charge in [-0.25, -0.2) is 0 Å². The quantitative estimate of drug-likeness (QED) is 0.371. The van der Waals surface area contributed by atoms with Crippen molar-refractivity contribution in [3.05, 3.63) is 12.2 Å². The predicted octanol–water partition coefficient (Wildman–Crippen LogP) is -0.717. The minimum absolute atomic E-state index is 0.0726. The second-order valence-electron chi connectivity index (χ2n) is 2.48. The van der Waals surface area contributed by atoms with Crippen LogP contribution in [0, 0.1) is 0 Å². The molecule has 2 atom stereocenters. The Labute approximate surface area is 55.9 Å². The van der Waals surface area contributed by atoms with Crippen molar-refractivity contribution in [1.29, 1.82) is 0 Å². The van der Waals surface area contributed by atoms with Crippen LogP contribution in [0.15, 0.2) is 12.2 Å². The van der Waals surface area contributed by atoms with Crippen LogP contribution in [0.3, 0.4) is 0 Å². The smallest absolute Gasteiger partial charge is 0.139 e. The van der Waals surface area contributed by atoms with Crippen molar-refractivity contribution < 1.29 is 9.84 Å². The largest absolute Gasteiger partial charge is 0.393 e. The Morgan fingerprint density at radius 1 is 1.89 bits per heavy atom. The lowest BCUT2D eigenvalue weighted by Gasteiger charge is -2.06. The van der Waals surface area contributed by atoms with Gasteiger partial charge in [0.15, 0.2) is 0 Å². The van der Waals surface area contributed by atoms with Crippen molar-refractivity contribution in [3.8, 4) is 0 Å². The molecular weight excluding hydrogens is 115 g/mol. The lowest BCUT2D eigenvalue weighted by molar-refractivity contribution is 0.0552. The van der Waals surface area contributed by atoms with Crippen molar-refractivity contribution in [3.63, 3.8) is 0 Å². The maximum absolute atomic E-state index is 8.67. The lowest BCUT2D eigenvalue weighted by Crippen LogP contribution is -2.14. The summed E-state index contributed by atoms with van der Waals surface area (Å²) < 4.78 is 5.27. The van der Waals surface area contributed by atoms with Gasteiger partial charge in [-0.3, -0.25) is 0 Å². The molecule has 0 aromatic rings. The molecule has 1 aliphatic rings. The number of ether oxygens (including phenoxy) is 1. The first-order valence-corrected chi connectivity index (χ1v) is 3.18. The molecule has 0 spiro atoms. The number of rotatable bonds is 1. The van der Waals surface area contributed by atoms with E-state index < -0.39 is 0 Å². The molecule has 0 aromatic carbocycles. The fourth-order valence-electron chi connectivity index (χ4n) is 1.10. The van der Waals surface area contributed by atoms with Gasteiger partial charge in [-0.1, -0.05) is 6.58 Å². The molecule has 1 N–H and O–H groups in total. The average molecular weight is 126 g/mol. The molecule has 0 aliphatic carbocycles. The van der Waals surface area contributed by atoms with Crippen LogP contribution >= 0.6 is 0 Å². The van der Waals surface area contributed by atoms with E-state index in [4.69, 9.17) is 9.84 Å². The summed E-state index contributed by atoms with van der Waals surface area (Å²) in [7, 11) is 1.99. The van der Waals surface area contributed by atoms with E-state index in [0.717, 1.165) is 12.0 Å². The second kappa shape index (κ2) is 2.54. The van der Waals surface area contributed by atoms with Crippen LogP contribution in [0.1, 0.15) is 6.42 Å². The molecule has 50 valence electrons. The third-order valence-electron chi connectivity index (χ3n) is 1.57. The topological polar surface area (TPSA) is 29.5 Å². The highest BCUT2D eigenvalue weighted by Gasteiger charge is 2.24. The zero-order valence-electron chi connectivity index (χ0n) is 5.63. The molecular formula is C6H11BO2. The molecule has 1 aliphatic heterocycles. The molecule has 1 rings (SSSR count).